The molecule has 6 heteroatoms. The van der Waals surface area contributed by atoms with E-state index >= 15 is 0 Å². The predicted octanol–water partition coefficient (Wildman–Crippen LogP) is 1.74. The summed E-state index contributed by atoms with van der Waals surface area (Å²) in [5.41, 5.74) is 2.02. The second-order valence-corrected chi connectivity index (χ2v) is 5.61. The lowest BCUT2D eigenvalue weighted by Gasteiger charge is -2.13. The highest BCUT2D eigenvalue weighted by atomic mass is 16.3. The van der Waals surface area contributed by atoms with Crippen LogP contribution in [0.5, 0.6) is 5.75 Å². The first kappa shape index (κ1) is 14.0. The molecule has 0 unspecified atom stereocenters. The van der Waals surface area contributed by atoms with Crippen LogP contribution in [0, 0.1) is 0 Å². The van der Waals surface area contributed by atoms with E-state index in [-0.39, 0.29) is 22.8 Å². The zero-order chi connectivity index (χ0) is 14.8. The Morgan fingerprint density at radius 3 is 2.70 bits per heavy atom. The van der Waals surface area contributed by atoms with Crippen molar-refractivity contribution in [3.05, 3.63) is 41.5 Å². The first-order valence-electron chi connectivity index (χ1n) is 6.34. The van der Waals surface area contributed by atoms with E-state index in [0.717, 1.165) is 11.4 Å². The van der Waals surface area contributed by atoms with Gasteiger partial charge in [0, 0.05) is 5.41 Å². The van der Waals surface area contributed by atoms with Crippen LogP contribution in [0.1, 0.15) is 42.6 Å². The van der Waals surface area contributed by atoms with E-state index in [2.05, 4.69) is 41.3 Å². The number of carbonyl (C=O) groups is 1. The van der Waals surface area contributed by atoms with Crippen LogP contribution in [-0.2, 0) is 12.0 Å². The quantitative estimate of drug-likeness (QED) is 0.795. The molecule has 1 amide bonds. The van der Waals surface area contributed by atoms with Gasteiger partial charge in [-0.2, -0.15) is 5.10 Å². The maximum Gasteiger partial charge on any atom is 0.270 e. The number of aromatic amines is 1. The standard InChI is InChI=1S/C14H18N4O2/c1-14(2,3)12-6-9(17-18-12)7-16-13(20)11-5-4-10(19)8-15-11/h4-6,8,19H,7H2,1-3H3,(H,16,20)(H,17,18). The predicted molar refractivity (Wildman–Crippen MR) is 74.4 cm³/mol. The van der Waals surface area contributed by atoms with Gasteiger partial charge in [0.2, 0.25) is 0 Å². The summed E-state index contributed by atoms with van der Waals surface area (Å²) in [4.78, 5) is 15.7. The van der Waals surface area contributed by atoms with E-state index in [9.17, 15) is 4.79 Å². The SMILES string of the molecule is CC(C)(C)c1cc(CNC(=O)c2ccc(O)cn2)[nH]n1. The van der Waals surface area contributed by atoms with E-state index in [4.69, 9.17) is 5.11 Å². The van der Waals surface area contributed by atoms with Gasteiger partial charge in [-0.15, -0.1) is 0 Å². The molecule has 106 valence electrons. The summed E-state index contributed by atoms with van der Waals surface area (Å²) in [7, 11) is 0. The molecular formula is C14H18N4O2. The van der Waals surface area contributed by atoms with Crippen molar-refractivity contribution in [1.29, 1.82) is 0 Å². The summed E-state index contributed by atoms with van der Waals surface area (Å²) < 4.78 is 0. The summed E-state index contributed by atoms with van der Waals surface area (Å²) >= 11 is 0. The highest BCUT2D eigenvalue weighted by molar-refractivity contribution is 5.92. The Kier molecular flexibility index (Phi) is 3.74. The average molecular weight is 274 g/mol. The highest BCUT2D eigenvalue weighted by Gasteiger charge is 2.17. The Morgan fingerprint density at radius 1 is 1.40 bits per heavy atom. The second-order valence-electron chi connectivity index (χ2n) is 5.61. The van der Waals surface area contributed by atoms with E-state index < -0.39 is 0 Å². The van der Waals surface area contributed by atoms with Gasteiger partial charge < -0.3 is 10.4 Å². The molecule has 0 fully saturated rings. The fourth-order valence-corrected chi connectivity index (χ4v) is 1.62. The van der Waals surface area contributed by atoms with Crippen molar-refractivity contribution < 1.29 is 9.90 Å². The molecule has 0 aliphatic carbocycles. The summed E-state index contributed by atoms with van der Waals surface area (Å²) in [6.07, 6.45) is 1.24. The molecule has 0 bridgehead atoms. The number of rotatable bonds is 3. The molecule has 2 rings (SSSR count). The van der Waals surface area contributed by atoms with E-state index in [0.29, 0.717) is 6.54 Å². The molecule has 0 aliphatic rings. The van der Waals surface area contributed by atoms with Crippen molar-refractivity contribution in [3.63, 3.8) is 0 Å². The maximum atomic E-state index is 11.8. The number of aromatic hydroxyl groups is 1. The van der Waals surface area contributed by atoms with Crippen LogP contribution >= 0.6 is 0 Å². The van der Waals surface area contributed by atoms with Gasteiger partial charge in [-0.05, 0) is 18.2 Å². The minimum Gasteiger partial charge on any atom is -0.506 e. The molecule has 0 spiro atoms. The van der Waals surface area contributed by atoms with E-state index in [1.54, 1.807) is 0 Å². The van der Waals surface area contributed by atoms with Crippen LogP contribution in [0.4, 0.5) is 0 Å². The molecule has 0 saturated heterocycles. The van der Waals surface area contributed by atoms with Gasteiger partial charge in [-0.25, -0.2) is 4.98 Å². The lowest BCUT2D eigenvalue weighted by atomic mass is 9.92. The molecule has 20 heavy (non-hydrogen) atoms. The molecule has 0 radical (unpaired) electrons. The van der Waals surface area contributed by atoms with Crippen molar-refractivity contribution in [1.82, 2.24) is 20.5 Å². The fraction of sp³-hybridized carbons (Fsp3) is 0.357. The number of hydrogen-bond acceptors (Lipinski definition) is 4. The number of carbonyl (C=O) groups excluding carboxylic acids is 1. The van der Waals surface area contributed by atoms with Crippen LogP contribution in [0.2, 0.25) is 0 Å². The fourth-order valence-electron chi connectivity index (χ4n) is 1.62. The van der Waals surface area contributed by atoms with Gasteiger partial charge in [0.05, 0.1) is 24.1 Å². The highest BCUT2D eigenvalue weighted by Crippen LogP contribution is 2.20. The number of nitrogens with one attached hydrogen (secondary N) is 2. The molecule has 0 atom stereocenters. The molecule has 2 aromatic heterocycles. The zero-order valence-corrected chi connectivity index (χ0v) is 11.8. The van der Waals surface area contributed by atoms with E-state index in [1.165, 1.54) is 18.3 Å². The number of H-pyrrole nitrogens is 1. The Morgan fingerprint density at radius 2 is 2.15 bits per heavy atom. The van der Waals surface area contributed by atoms with Crippen molar-refractivity contribution in [2.75, 3.05) is 0 Å². The molecular weight excluding hydrogens is 256 g/mol. The van der Waals surface area contributed by atoms with Crippen molar-refractivity contribution in [3.8, 4) is 5.75 Å². The lowest BCUT2D eigenvalue weighted by molar-refractivity contribution is 0.0945. The maximum absolute atomic E-state index is 11.8. The largest absolute Gasteiger partial charge is 0.506 e. The normalized spacial score (nSPS) is 11.3. The number of pyridine rings is 1. The van der Waals surface area contributed by atoms with E-state index in [1.807, 2.05) is 6.07 Å². The van der Waals surface area contributed by atoms with Crippen molar-refractivity contribution in [2.45, 2.75) is 32.7 Å². The smallest absolute Gasteiger partial charge is 0.270 e. The topological polar surface area (TPSA) is 90.9 Å². The van der Waals surface area contributed by atoms with Crippen LogP contribution in [-0.4, -0.2) is 26.2 Å². The minimum absolute atomic E-state index is 0.0305. The summed E-state index contributed by atoms with van der Waals surface area (Å²) in [5.74, 6) is -0.262. The Hall–Kier alpha value is -2.37. The third-order valence-electron chi connectivity index (χ3n) is 2.82. The van der Waals surface area contributed by atoms with Gasteiger partial charge in [-0.1, -0.05) is 20.8 Å². The number of nitrogens with zero attached hydrogens (tertiary/aromatic N) is 2. The number of hydrogen-bond donors (Lipinski definition) is 3. The third-order valence-corrected chi connectivity index (χ3v) is 2.82. The lowest BCUT2D eigenvalue weighted by Crippen LogP contribution is -2.23. The second kappa shape index (κ2) is 5.32. The monoisotopic (exact) mass is 274 g/mol. The molecule has 6 nitrogen and oxygen atoms in total. The van der Waals surface area contributed by atoms with Crippen LogP contribution < -0.4 is 5.32 Å². The van der Waals surface area contributed by atoms with Gasteiger partial charge in [0.1, 0.15) is 11.4 Å². The van der Waals surface area contributed by atoms with Gasteiger partial charge >= 0.3 is 0 Å². The summed E-state index contributed by atoms with van der Waals surface area (Å²) in [5, 5.41) is 19.0. The van der Waals surface area contributed by atoms with Gasteiger partial charge in [-0.3, -0.25) is 9.89 Å². The van der Waals surface area contributed by atoms with Crippen molar-refractivity contribution >= 4 is 5.91 Å². The molecule has 0 aromatic carbocycles. The summed E-state index contributed by atoms with van der Waals surface area (Å²) in [6.45, 7) is 6.58. The molecule has 3 N–H and O–H groups in total. The first-order chi connectivity index (χ1) is 9.36. The Balaban J connectivity index is 1.97. The average Bonchev–Trinajstić information content (AvgIpc) is 2.85. The molecule has 0 saturated carbocycles. The molecule has 2 heterocycles. The van der Waals surface area contributed by atoms with Crippen LogP contribution in [0.25, 0.3) is 0 Å². The molecule has 2 aromatic rings. The first-order valence-corrected chi connectivity index (χ1v) is 6.34. The van der Waals surface area contributed by atoms with Gasteiger partial charge in [0.15, 0.2) is 0 Å². The Labute approximate surface area is 117 Å². The zero-order valence-electron chi connectivity index (χ0n) is 11.8. The van der Waals surface area contributed by atoms with Crippen LogP contribution in [0.3, 0.4) is 0 Å². The van der Waals surface area contributed by atoms with Crippen LogP contribution in [0.15, 0.2) is 24.4 Å². The molecule has 0 aliphatic heterocycles. The number of amides is 1. The summed E-state index contributed by atoms with van der Waals surface area (Å²) in [6, 6.07) is 4.83. The minimum atomic E-state index is -0.295. The number of aromatic nitrogens is 3. The Bertz CT molecular complexity index is 596. The van der Waals surface area contributed by atoms with Gasteiger partial charge in [0.25, 0.3) is 5.91 Å². The third kappa shape index (κ3) is 3.34. The van der Waals surface area contributed by atoms with Crippen molar-refractivity contribution in [2.24, 2.45) is 0 Å².